The van der Waals surface area contributed by atoms with Gasteiger partial charge in [0, 0.05) is 21.5 Å². The van der Waals surface area contributed by atoms with Crippen LogP contribution in [0.25, 0.3) is 11.4 Å². The second kappa shape index (κ2) is 6.42. The molecule has 0 spiro atoms. The smallest absolute Gasteiger partial charge is 0.266 e. The molecule has 3 rings (SSSR count). The molecule has 0 bridgehead atoms. The number of hydrogen-bond donors (Lipinski definition) is 1. The summed E-state index contributed by atoms with van der Waals surface area (Å²) in [5.41, 5.74) is 1.96. The van der Waals surface area contributed by atoms with Crippen molar-refractivity contribution in [2.45, 2.75) is 6.42 Å². The van der Waals surface area contributed by atoms with Crippen molar-refractivity contribution in [3.05, 3.63) is 79.6 Å². The van der Waals surface area contributed by atoms with Gasteiger partial charge in [0.1, 0.15) is 5.69 Å². The van der Waals surface area contributed by atoms with Gasteiger partial charge in [-0.15, -0.1) is 0 Å². The van der Waals surface area contributed by atoms with E-state index in [1.165, 1.54) is 0 Å². The van der Waals surface area contributed by atoms with Crippen LogP contribution in [0.5, 0.6) is 0 Å². The number of aromatic nitrogens is 3. The Kier molecular flexibility index (Phi) is 4.36. The van der Waals surface area contributed by atoms with Crippen molar-refractivity contribution in [3.8, 4) is 11.4 Å². The third-order valence-electron chi connectivity index (χ3n) is 3.15. The number of hydrogen-bond acceptors (Lipinski definition) is 3. The molecule has 22 heavy (non-hydrogen) atoms. The van der Waals surface area contributed by atoms with Gasteiger partial charge in [0.25, 0.3) is 5.56 Å². The molecule has 2 aromatic carbocycles. The molecule has 4 nitrogen and oxygen atoms in total. The average Bonchev–Trinajstić information content (AvgIpc) is 2.52. The lowest BCUT2D eigenvalue weighted by atomic mass is 10.1. The van der Waals surface area contributed by atoms with Crippen molar-refractivity contribution in [2.75, 3.05) is 0 Å². The maximum Gasteiger partial charge on any atom is 0.286 e. The van der Waals surface area contributed by atoms with E-state index < -0.39 is 0 Å². The molecule has 0 aliphatic heterocycles. The number of nitrogens with one attached hydrogen (secondary N) is 1. The van der Waals surface area contributed by atoms with Gasteiger partial charge in [-0.2, -0.15) is 5.10 Å². The van der Waals surface area contributed by atoms with Gasteiger partial charge in [0.2, 0.25) is 0 Å². The number of aromatic amines is 1. The highest BCUT2D eigenvalue weighted by molar-refractivity contribution is 9.10. The highest BCUT2D eigenvalue weighted by Crippen LogP contribution is 2.18. The second-order valence-electron chi connectivity index (χ2n) is 4.74. The van der Waals surface area contributed by atoms with Crippen LogP contribution in [-0.4, -0.2) is 15.2 Å². The van der Waals surface area contributed by atoms with Crippen LogP contribution in [0.4, 0.5) is 0 Å². The first-order valence-electron chi connectivity index (χ1n) is 6.58. The summed E-state index contributed by atoms with van der Waals surface area (Å²) in [5.74, 6) is 0.496. The molecule has 0 aliphatic rings. The predicted molar refractivity (Wildman–Crippen MR) is 90.0 cm³/mol. The predicted octanol–water partition coefficient (Wildman–Crippen LogP) is 3.84. The van der Waals surface area contributed by atoms with Crippen molar-refractivity contribution < 1.29 is 0 Å². The first-order chi connectivity index (χ1) is 10.6. The number of H-pyrrole nitrogens is 1. The molecule has 6 heteroatoms. The van der Waals surface area contributed by atoms with Crippen LogP contribution in [0.15, 0.2) is 57.8 Å². The van der Waals surface area contributed by atoms with Crippen molar-refractivity contribution in [2.24, 2.45) is 0 Å². The van der Waals surface area contributed by atoms with Crippen LogP contribution in [0.1, 0.15) is 11.3 Å². The van der Waals surface area contributed by atoms with E-state index in [9.17, 15) is 4.79 Å². The van der Waals surface area contributed by atoms with E-state index in [0.717, 1.165) is 15.6 Å². The van der Waals surface area contributed by atoms with E-state index in [2.05, 4.69) is 31.1 Å². The summed E-state index contributed by atoms with van der Waals surface area (Å²) in [4.78, 5) is 16.3. The van der Waals surface area contributed by atoms with Gasteiger partial charge in [-0.3, -0.25) is 4.79 Å². The van der Waals surface area contributed by atoms with Crippen LogP contribution in [-0.2, 0) is 6.42 Å². The minimum atomic E-state index is -0.282. The Balaban J connectivity index is 1.94. The highest BCUT2D eigenvalue weighted by Gasteiger charge is 2.08. The van der Waals surface area contributed by atoms with Crippen LogP contribution in [0.3, 0.4) is 0 Å². The van der Waals surface area contributed by atoms with E-state index in [0.29, 0.717) is 23.0 Å². The van der Waals surface area contributed by atoms with Crippen molar-refractivity contribution in [1.82, 2.24) is 15.2 Å². The van der Waals surface area contributed by atoms with Crippen molar-refractivity contribution in [3.63, 3.8) is 0 Å². The molecular weight excluding hydrogens is 366 g/mol. The topological polar surface area (TPSA) is 58.6 Å². The molecule has 0 atom stereocenters. The highest BCUT2D eigenvalue weighted by atomic mass is 79.9. The lowest BCUT2D eigenvalue weighted by Crippen LogP contribution is -2.18. The third kappa shape index (κ3) is 3.43. The standard InChI is InChI=1S/C16H11BrClN3O/c17-12-5-3-11(4-6-12)15-19-14(16(22)21-20-15)9-10-1-7-13(18)8-2-10/h1-8H,9H2,(H,21,22). The van der Waals surface area contributed by atoms with E-state index in [1.807, 2.05) is 36.4 Å². The number of rotatable bonds is 3. The minimum Gasteiger partial charge on any atom is -0.266 e. The molecule has 0 aliphatic carbocycles. The van der Waals surface area contributed by atoms with Crippen LogP contribution >= 0.6 is 27.5 Å². The maximum atomic E-state index is 11.9. The molecule has 0 amide bonds. The molecule has 0 fully saturated rings. The van der Waals surface area contributed by atoms with E-state index in [1.54, 1.807) is 12.1 Å². The third-order valence-corrected chi connectivity index (χ3v) is 3.93. The van der Waals surface area contributed by atoms with E-state index >= 15 is 0 Å². The number of halogens is 2. The summed E-state index contributed by atoms with van der Waals surface area (Å²) < 4.78 is 0.974. The monoisotopic (exact) mass is 375 g/mol. The Bertz CT molecular complexity index is 845. The Morgan fingerprint density at radius 2 is 1.73 bits per heavy atom. The quantitative estimate of drug-likeness (QED) is 0.755. The Morgan fingerprint density at radius 3 is 2.41 bits per heavy atom. The Hall–Kier alpha value is -1.98. The summed E-state index contributed by atoms with van der Waals surface area (Å²) >= 11 is 9.25. The zero-order chi connectivity index (χ0) is 15.5. The minimum absolute atomic E-state index is 0.282. The SMILES string of the molecule is O=c1[nH]nc(-c2ccc(Br)cc2)nc1Cc1ccc(Cl)cc1. The van der Waals surface area contributed by atoms with Gasteiger partial charge < -0.3 is 0 Å². The molecule has 1 N–H and O–H groups in total. The number of benzene rings is 2. The Morgan fingerprint density at radius 1 is 1.05 bits per heavy atom. The van der Waals surface area contributed by atoms with Gasteiger partial charge >= 0.3 is 0 Å². The molecule has 0 saturated carbocycles. The molecule has 1 aromatic heterocycles. The number of nitrogens with zero attached hydrogens (tertiary/aromatic N) is 2. The molecule has 0 unspecified atom stereocenters. The first kappa shape index (κ1) is 14.9. The largest absolute Gasteiger partial charge is 0.286 e. The fourth-order valence-corrected chi connectivity index (χ4v) is 2.41. The van der Waals surface area contributed by atoms with Crippen LogP contribution in [0, 0.1) is 0 Å². The van der Waals surface area contributed by atoms with E-state index in [4.69, 9.17) is 11.6 Å². The molecular formula is C16H11BrClN3O. The summed E-state index contributed by atoms with van der Waals surface area (Å²) in [6, 6.07) is 14.9. The molecule has 3 aromatic rings. The molecule has 110 valence electrons. The molecule has 1 heterocycles. The fourth-order valence-electron chi connectivity index (χ4n) is 2.02. The van der Waals surface area contributed by atoms with Crippen LogP contribution in [0.2, 0.25) is 5.02 Å². The molecule has 0 saturated heterocycles. The average molecular weight is 377 g/mol. The summed E-state index contributed by atoms with van der Waals surface area (Å²) in [7, 11) is 0. The summed E-state index contributed by atoms with van der Waals surface area (Å²) in [6.07, 6.45) is 0.429. The van der Waals surface area contributed by atoms with Crippen molar-refractivity contribution in [1.29, 1.82) is 0 Å². The lowest BCUT2D eigenvalue weighted by Gasteiger charge is -2.04. The first-order valence-corrected chi connectivity index (χ1v) is 7.75. The molecule has 0 radical (unpaired) electrons. The fraction of sp³-hybridized carbons (Fsp3) is 0.0625. The van der Waals surface area contributed by atoms with Crippen molar-refractivity contribution >= 4 is 27.5 Å². The second-order valence-corrected chi connectivity index (χ2v) is 6.10. The Labute approximate surface area is 140 Å². The van der Waals surface area contributed by atoms with Gasteiger partial charge in [0.05, 0.1) is 0 Å². The van der Waals surface area contributed by atoms with Gasteiger partial charge in [-0.1, -0.05) is 51.8 Å². The maximum absolute atomic E-state index is 11.9. The van der Waals surface area contributed by atoms with E-state index in [-0.39, 0.29) is 5.56 Å². The zero-order valence-corrected chi connectivity index (χ0v) is 13.7. The lowest BCUT2D eigenvalue weighted by molar-refractivity contribution is 0.883. The van der Waals surface area contributed by atoms with Gasteiger partial charge in [-0.05, 0) is 29.8 Å². The normalized spacial score (nSPS) is 10.6. The summed E-state index contributed by atoms with van der Waals surface area (Å²) in [6.45, 7) is 0. The van der Waals surface area contributed by atoms with Gasteiger partial charge in [-0.25, -0.2) is 10.1 Å². The van der Waals surface area contributed by atoms with Crippen LogP contribution < -0.4 is 5.56 Å². The zero-order valence-electron chi connectivity index (χ0n) is 11.4. The van der Waals surface area contributed by atoms with Gasteiger partial charge in [0.15, 0.2) is 5.82 Å². The summed E-state index contributed by atoms with van der Waals surface area (Å²) in [5, 5.41) is 7.18.